The van der Waals surface area contributed by atoms with Crippen LogP contribution in [0, 0.1) is 13.8 Å². The standard InChI is InChI=1S/C30H29FN2O2/c1-18-28(19(2)35-33-18)22-7-8-25-23(15-22)12-20(16-30(31)10-4-3-5-11-30)13-27(25)21-6-9-26-24(14-21)17-32-29(26)34/h6-9,12-15H,3-5,10-11,16-17H2,1-2H3,(H,32,34). The molecule has 0 bridgehead atoms. The first kappa shape index (κ1) is 22.0. The molecule has 0 saturated heterocycles. The molecule has 1 saturated carbocycles. The summed E-state index contributed by atoms with van der Waals surface area (Å²) in [5.74, 6) is 0.768. The number of hydrogen-bond donors (Lipinski definition) is 1. The Hall–Kier alpha value is -3.47. The van der Waals surface area contributed by atoms with Crippen LogP contribution in [0.15, 0.2) is 53.1 Å². The molecule has 1 fully saturated rings. The molecule has 2 heterocycles. The molecule has 35 heavy (non-hydrogen) atoms. The molecule has 1 N–H and O–H groups in total. The summed E-state index contributed by atoms with van der Waals surface area (Å²) in [5, 5.41) is 9.21. The van der Waals surface area contributed by atoms with Gasteiger partial charge in [0.1, 0.15) is 11.4 Å². The third-order valence-electron chi connectivity index (χ3n) is 7.71. The lowest BCUT2D eigenvalue weighted by atomic mass is 9.81. The number of alkyl halides is 1. The summed E-state index contributed by atoms with van der Waals surface area (Å²) in [6.07, 6.45) is 4.73. The average Bonchev–Trinajstić information content (AvgIpc) is 3.39. The number of rotatable bonds is 4. The second-order valence-electron chi connectivity index (χ2n) is 10.2. The number of carbonyl (C=O) groups excluding carboxylic acids is 1. The van der Waals surface area contributed by atoms with Gasteiger partial charge in [-0.3, -0.25) is 4.79 Å². The lowest BCUT2D eigenvalue weighted by Crippen LogP contribution is -2.28. The predicted octanol–water partition coefficient (Wildman–Crippen LogP) is 7.24. The lowest BCUT2D eigenvalue weighted by molar-refractivity contribution is 0.0965. The Kier molecular flexibility index (Phi) is 5.24. The first-order chi connectivity index (χ1) is 16.9. The first-order valence-electron chi connectivity index (χ1n) is 12.5. The van der Waals surface area contributed by atoms with Crippen molar-refractivity contribution in [3.63, 3.8) is 0 Å². The van der Waals surface area contributed by atoms with E-state index in [1.54, 1.807) is 0 Å². The van der Waals surface area contributed by atoms with Gasteiger partial charge < -0.3 is 9.84 Å². The molecule has 1 amide bonds. The summed E-state index contributed by atoms with van der Waals surface area (Å²) in [4.78, 5) is 12.1. The molecule has 0 radical (unpaired) electrons. The topological polar surface area (TPSA) is 55.1 Å². The Morgan fingerprint density at radius 2 is 1.77 bits per heavy atom. The Morgan fingerprint density at radius 1 is 0.971 bits per heavy atom. The Labute approximate surface area is 204 Å². The van der Waals surface area contributed by atoms with Crippen LogP contribution in [0.1, 0.15) is 65.0 Å². The molecule has 0 unspecified atom stereocenters. The number of fused-ring (bicyclic) bond motifs is 2. The number of carbonyl (C=O) groups is 1. The highest BCUT2D eigenvalue weighted by molar-refractivity contribution is 6.02. The molecule has 2 aliphatic rings. The smallest absolute Gasteiger partial charge is 0.251 e. The summed E-state index contributed by atoms with van der Waals surface area (Å²) in [7, 11) is 0. The monoisotopic (exact) mass is 468 g/mol. The van der Waals surface area contributed by atoms with Crippen LogP contribution in [0.2, 0.25) is 0 Å². The van der Waals surface area contributed by atoms with Crippen molar-refractivity contribution in [1.29, 1.82) is 0 Å². The maximum atomic E-state index is 15.8. The van der Waals surface area contributed by atoms with E-state index < -0.39 is 5.67 Å². The van der Waals surface area contributed by atoms with Crippen molar-refractivity contribution in [2.45, 2.75) is 64.6 Å². The number of nitrogens with zero attached hydrogens (tertiary/aromatic N) is 1. The largest absolute Gasteiger partial charge is 0.361 e. The average molecular weight is 469 g/mol. The van der Waals surface area contributed by atoms with Crippen LogP contribution in [0.25, 0.3) is 33.0 Å². The highest BCUT2D eigenvalue weighted by atomic mass is 19.1. The molecule has 178 valence electrons. The molecular weight excluding hydrogens is 439 g/mol. The van der Waals surface area contributed by atoms with Gasteiger partial charge in [-0.15, -0.1) is 0 Å². The molecule has 3 aromatic carbocycles. The zero-order valence-electron chi connectivity index (χ0n) is 20.2. The third-order valence-corrected chi connectivity index (χ3v) is 7.71. The van der Waals surface area contributed by atoms with Gasteiger partial charge in [0.15, 0.2) is 0 Å². The zero-order chi connectivity index (χ0) is 24.2. The SMILES string of the molecule is Cc1noc(C)c1-c1ccc2c(-c3ccc4c(c3)CNC4=O)cc(CC3(F)CCCCC3)cc2c1. The zero-order valence-corrected chi connectivity index (χ0v) is 20.2. The van der Waals surface area contributed by atoms with Crippen LogP contribution in [-0.2, 0) is 13.0 Å². The van der Waals surface area contributed by atoms with Crippen molar-refractivity contribution in [1.82, 2.24) is 10.5 Å². The van der Waals surface area contributed by atoms with Crippen molar-refractivity contribution in [2.24, 2.45) is 0 Å². The summed E-state index contributed by atoms with van der Waals surface area (Å²) in [6.45, 7) is 4.42. The van der Waals surface area contributed by atoms with Gasteiger partial charge in [-0.05, 0) is 83.5 Å². The van der Waals surface area contributed by atoms with Crippen LogP contribution in [0.5, 0.6) is 0 Å². The number of amides is 1. The minimum Gasteiger partial charge on any atom is -0.361 e. The summed E-state index contributed by atoms with van der Waals surface area (Å²) in [6, 6.07) is 16.7. The van der Waals surface area contributed by atoms with Gasteiger partial charge in [0.25, 0.3) is 5.91 Å². The molecule has 1 aromatic heterocycles. The Morgan fingerprint density at radius 3 is 2.54 bits per heavy atom. The Balaban J connectivity index is 1.51. The molecular formula is C30H29FN2O2. The number of aromatic nitrogens is 1. The quantitative estimate of drug-likeness (QED) is 0.344. The fourth-order valence-electron chi connectivity index (χ4n) is 5.95. The van der Waals surface area contributed by atoms with Gasteiger partial charge in [0.05, 0.1) is 5.69 Å². The van der Waals surface area contributed by atoms with E-state index in [1.165, 1.54) is 0 Å². The third kappa shape index (κ3) is 3.93. The summed E-state index contributed by atoms with van der Waals surface area (Å²) < 4.78 is 21.2. The van der Waals surface area contributed by atoms with Gasteiger partial charge in [0.2, 0.25) is 0 Å². The van der Waals surface area contributed by atoms with E-state index in [2.05, 4.69) is 46.9 Å². The number of nitrogens with one attached hydrogen (secondary N) is 1. The van der Waals surface area contributed by atoms with Gasteiger partial charge in [-0.1, -0.05) is 54.8 Å². The molecule has 4 nitrogen and oxygen atoms in total. The number of halogens is 1. The molecule has 1 aliphatic carbocycles. The number of hydrogen-bond acceptors (Lipinski definition) is 3. The summed E-state index contributed by atoms with van der Waals surface area (Å²) in [5.41, 5.74) is 6.66. The first-order valence-corrected chi connectivity index (χ1v) is 12.5. The van der Waals surface area contributed by atoms with E-state index >= 15 is 4.39 Å². The second kappa shape index (κ2) is 8.33. The van der Waals surface area contributed by atoms with Crippen LogP contribution in [-0.4, -0.2) is 16.7 Å². The van der Waals surface area contributed by atoms with Crippen molar-refractivity contribution >= 4 is 16.7 Å². The van der Waals surface area contributed by atoms with E-state index in [1.807, 2.05) is 26.0 Å². The maximum Gasteiger partial charge on any atom is 0.251 e. The minimum absolute atomic E-state index is 0.0223. The van der Waals surface area contributed by atoms with E-state index in [-0.39, 0.29) is 5.91 Å². The van der Waals surface area contributed by atoms with E-state index in [9.17, 15) is 4.79 Å². The molecule has 4 aromatic rings. The fraction of sp³-hybridized carbons (Fsp3) is 0.333. The van der Waals surface area contributed by atoms with Gasteiger partial charge in [-0.25, -0.2) is 4.39 Å². The predicted molar refractivity (Wildman–Crippen MR) is 136 cm³/mol. The van der Waals surface area contributed by atoms with Gasteiger partial charge in [0, 0.05) is 24.1 Å². The van der Waals surface area contributed by atoms with E-state index in [0.29, 0.717) is 25.8 Å². The number of aryl methyl sites for hydroxylation is 2. The molecule has 0 atom stereocenters. The van der Waals surface area contributed by atoms with E-state index in [4.69, 9.17) is 4.52 Å². The maximum absolute atomic E-state index is 15.8. The number of benzene rings is 3. The highest BCUT2D eigenvalue weighted by Crippen LogP contribution is 2.39. The molecule has 5 heteroatoms. The lowest BCUT2D eigenvalue weighted by Gasteiger charge is -2.30. The second-order valence-corrected chi connectivity index (χ2v) is 10.2. The van der Waals surface area contributed by atoms with Crippen LogP contribution in [0.3, 0.4) is 0 Å². The Bertz CT molecular complexity index is 1440. The van der Waals surface area contributed by atoms with Gasteiger partial charge in [-0.2, -0.15) is 0 Å². The van der Waals surface area contributed by atoms with Crippen molar-refractivity contribution in [3.8, 4) is 22.3 Å². The molecule has 0 spiro atoms. The fourth-order valence-corrected chi connectivity index (χ4v) is 5.95. The minimum atomic E-state index is -1.14. The van der Waals surface area contributed by atoms with Crippen LogP contribution >= 0.6 is 0 Å². The van der Waals surface area contributed by atoms with Crippen LogP contribution in [0.4, 0.5) is 4.39 Å². The van der Waals surface area contributed by atoms with Crippen molar-refractivity contribution in [3.05, 3.63) is 76.7 Å². The summed E-state index contributed by atoms with van der Waals surface area (Å²) >= 11 is 0. The van der Waals surface area contributed by atoms with Crippen LogP contribution < -0.4 is 5.32 Å². The molecule has 6 rings (SSSR count). The van der Waals surface area contributed by atoms with Gasteiger partial charge >= 0.3 is 0 Å². The van der Waals surface area contributed by atoms with Crippen molar-refractivity contribution in [2.75, 3.05) is 0 Å². The normalized spacial score (nSPS) is 16.9. The van der Waals surface area contributed by atoms with Crippen molar-refractivity contribution < 1.29 is 13.7 Å². The van der Waals surface area contributed by atoms with E-state index in [0.717, 1.165) is 80.4 Å². The molecule has 1 aliphatic heterocycles. The highest BCUT2D eigenvalue weighted by Gasteiger charge is 2.32.